The summed E-state index contributed by atoms with van der Waals surface area (Å²) >= 11 is 0. The van der Waals surface area contributed by atoms with Gasteiger partial charge in [0, 0.05) is 43.7 Å². The van der Waals surface area contributed by atoms with Gasteiger partial charge in [-0.3, -0.25) is 4.79 Å². The van der Waals surface area contributed by atoms with Crippen molar-refractivity contribution in [1.29, 1.82) is 0 Å². The highest BCUT2D eigenvalue weighted by molar-refractivity contribution is 5.77. The van der Waals surface area contributed by atoms with Gasteiger partial charge in [0.15, 0.2) is 0 Å². The zero-order chi connectivity index (χ0) is 19.7. The second kappa shape index (κ2) is 7.90. The zero-order valence-corrected chi connectivity index (χ0v) is 16.9. The normalized spacial score (nSPS) is 24.4. The highest BCUT2D eigenvalue weighted by Gasteiger charge is 2.51. The number of hydrogen-bond donors (Lipinski definition) is 0. The van der Waals surface area contributed by atoms with Crippen LogP contribution in [0, 0.1) is 11.3 Å². The van der Waals surface area contributed by atoms with Gasteiger partial charge in [0.2, 0.25) is 17.6 Å². The Morgan fingerprint density at radius 2 is 1.90 bits per heavy atom. The topological polar surface area (TPSA) is 68.5 Å². The molecule has 5 rings (SSSR count). The summed E-state index contributed by atoms with van der Waals surface area (Å²) < 4.78 is 11.4. The van der Waals surface area contributed by atoms with Crippen molar-refractivity contribution < 1.29 is 14.1 Å². The van der Waals surface area contributed by atoms with Crippen molar-refractivity contribution in [2.24, 2.45) is 11.3 Å². The second-order valence-corrected chi connectivity index (χ2v) is 8.98. The fraction of sp³-hybridized carbons (Fsp3) is 0.609. The molecular weight excluding hydrogens is 366 g/mol. The molecule has 6 heteroatoms. The molecule has 29 heavy (non-hydrogen) atoms. The van der Waals surface area contributed by atoms with Gasteiger partial charge in [-0.2, -0.15) is 4.98 Å². The molecule has 1 saturated carbocycles. The summed E-state index contributed by atoms with van der Waals surface area (Å²) in [5, 5.41) is 4.24. The molecule has 2 aliphatic heterocycles. The van der Waals surface area contributed by atoms with Crippen LogP contribution in [0.4, 0.5) is 0 Å². The van der Waals surface area contributed by atoms with Gasteiger partial charge in [-0.15, -0.1) is 0 Å². The molecule has 1 spiro atoms. The fourth-order valence-electron chi connectivity index (χ4n) is 5.46. The van der Waals surface area contributed by atoms with Crippen molar-refractivity contribution in [1.82, 2.24) is 15.0 Å². The lowest BCUT2D eigenvalue weighted by atomic mass is 9.72. The number of nitrogens with zero attached hydrogens (tertiary/aromatic N) is 3. The van der Waals surface area contributed by atoms with E-state index >= 15 is 0 Å². The Hall–Kier alpha value is -2.21. The number of benzene rings is 1. The molecule has 3 heterocycles. The Morgan fingerprint density at radius 3 is 2.66 bits per heavy atom. The molecule has 1 atom stereocenters. The standard InChI is InChI=1S/C23H29N3O3/c27-20(14-17-6-4-5-7-17)26-15-19(23(16-26)10-12-28-13-11-23)22-24-21(25-29-22)18-8-2-1-3-9-18/h1-3,8-9,17,19H,4-7,10-16H2/t19-/m1/s1. The summed E-state index contributed by atoms with van der Waals surface area (Å²) in [5.41, 5.74) is 0.944. The molecule has 2 aromatic rings. The number of aromatic nitrogens is 2. The van der Waals surface area contributed by atoms with Crippen LogP contribution in [0.25, 0.3) is 11.4 Å². The summed E-state index contributed by atoms with van der Waals surface area (Å²) in [6, 6.07) is 9.91. The maximum atomic E-state index is 13.1. The lowest BCUT2D eigenvalue weighted by molar-refractivity contribution is -0.131. The van der Waals surface area contributed by atoms with Gasteiger partial charge in [-0.1, -0.05) is 48.3 Å². The van der Waals surface area contributed by atoms with E-state index in [2.05, 4.69) is 10.1 Å². The van der Waals surface area contributed by atoms with Crippen molar-refractivity contribution in [3.63, 3.8) is 0 Å². The maximum absolute atomic E-state index is 13.1. The van der Waals surface area contributed by atoms with E-state index in [4.69, 9.17) is 14.2 Å². The SMILES string of the molecule is O=C(CC1CCCC1)N1C[C@H](c2nc(-c3ccccc3)no2)C2(CCOCC2)C1. The van der Waals surface area contributed by atoms with Gasteiger partial charge in [-0.05, 0) is 31.6 Å². The molecule has 3 aliphatic rings. The van der Waals surface area contributed by atoms with E-state index in [1.54, 1.807) is 0 Å². The lowest BCUT2D eigenvalue weighted by Gasteiger charge is -2.36. The molecule has 6 nitrogen and oxygen atoms in total. The molecular formula is C23H29N3O3. The number of amides is 1. The van der Waals surface area contributed by atoms with Gasteiger partial charge >= 0.3 is 0 Å². The summed E-state index contributed by atoms with van der Waals surface area (Å²) in [6.07, 6.45) is 7.51. The van der Waals surface area contributed by atoms with Crippen LogP contribution in [0.2, 0.25) is 0 Å². The summed E-state index contributed by atoms with van der Waals surface area (Å²) in [7, 11) is 0. The van der Waals surface area contributed by atoms with Crippen LogP contribution < -0.4 is 0 Å². The smallest absolute Gasteiger partial charge is 0.232 e. The van der Waals surface area contributed by atoms with E-state index in [0.717, 1.165) is 38.2 Å². The van der Waals surface area contributed by atoms with Gasteiger partial charge in [-0.25, -0.2) is 0 Å². The quantitative estimate of drug-likeness (QED) is 0.781. The summed E-state index contributed by atoms with van der Waals surface area (Å²) in [5.74, 6) is 2.25. The van der Waals surface area contributed by atoms with Crippen molar-refractivity contribution in [3.05, 3.63) is 36.2 Å². The summed E-state index contributed by atoms with van der Waals surface area (Å²) in [4.78, 5) is 19.9. The lowest BCUT2D eigenvalue weighted by Crippen LogP contribution is -2.37. The van der Waals surface area contributed by atoms with Crippen molar-refractivity contribution in [2.75, 3.05) is 26.3 Å². The Bertz CT molecular complexity index is 838. The number of hydrogen-bond acceptors (Lipinski definition) is 5. The highest BCUT2D eigenvalue weighted by atomic mass is 16.5. The summed E-state index contributed by atoms with van der Waals surface area (Å²) in [6.45, 7) is 2.94. The minimum absolute atomic E-state index is 0.00984. The third-order valence-corrected chi connectivity index (χ3v) is 7.20. The first-order chi connectivity index (χ1) is 14.2. The van der Waals surface area contributed by atoms with Gasteiger partial charge in [0.1, 0.15) is 0 Å². The molecule has 0 N–H and O–H groups in total. The first-order valence-electron chi connectivity index (χ1n) is 11.0. The van der Waals surface area contributed by atoms with Crippen LogP contribution in [0.15, 0.2) is 34.9 Å². The zero-order valence-electron chi connectivity index (χ0n) is 16.9. The fourth-order valence-corrected chi connectivity index (χ4v) is 5.46. The van der Waals surface area contributed by atoms with Crippen LogP contribution in [-0.2, 0) is 9.53 Å². The van der Waals surface area contributed by atoms with Crippen molar-refractivity contribution >= 4 is 5.91 Å². The predicted molar refractivity (Wildman–Crippen MR) is 108 cm³/mol. The molecule has 1 amide bonds. The average Bonchev–Trinajstić information content (AvgIpc) is 3.50. The molecule has 1 aromatic heterocycles. The average molecular weight is 396 g/mol. The molecule has 154 valence electrons. The van der Waals surface area contributed by atoms with E-state index in [1.807, 2.05) is 30.3 Å². The molecule has 3 fully saturated rings. The number of carbonyl (C=O) groups is 1. The van der Waals surface area contributed by atoms with E-state index in [9.17, 15) is 4.79 Å². The van der Waals surface area contributed by atoms with Crippen LogP contribution in [0.5, 0.6) is 0 Å². The largest absolute Gasteiger partial charge is 0.381 e. The van der Waals surface area contributed by atoms with Gasteiger partial charge < -0.3 is 14.2 Å². The first kappa shape index (κ1) is 18.8. The Labute approximate surface area is 171 Å². The van der Waals surface area contributed by atoms with Crippen molar-refractivity contribution in [3.8, 4) is 11.4 Å². The maximum Gasteiger partial charge on any atom is 0.232 e. The molecule has 0 radical (unpaired) electrons. The Balaban J connectivity index is 1.38. The van der Waals surface area contributed by atoms with E-state index in [-0.39, 0.29) is 11.3 Å². The second-order valence-electron chi connectivity index (χ2n) is 8.98. The molecule has 2 saturated heterocycles. The Morgan fingerprint density at radius 1 is 1.14 bits per heavy atom. The number of likely N-dealkylation sites (tertiary alicyclic amines) is 1. The van der Waals surface area contributed by atoms with Gasteiger partial charge in [0.05, 0.1) is 5.92 Å². The van der Waals surface area contributed by atoms with E-state index in [0.29, 0.717) is 36.5 Å². The van der Waals surface area contributed by atoms with E-state index in [1.165, 1.54) is 25.7 Å². The van der Waals surface area contributed by atoms with Crippen LogP contribution >= 0.6 is 0 Å². The number of carbonyl (C=O) groups excluding carboxylic acids is 1. The minimum atomic E-state index is -0.00984. The van der Waals surface area contributed by atoms with Crippen molar-refractivity contribution in [2.45, 2.75) is 50.9 Å². The Kier molecular flexibility index (Phi) is 5.12. The highest BCUT2D eigenvalue weighted by Crippen LogP contribution is 2.49. The first-order valence-corrected chi connectivity index (χ1v) is 11.0. The van der Waals surface area contributed by atoms with Crippen LogP contribution in [0.3, 0.4) is 0 Å². The monoisotopic (exact) mass is 395 g/mol. The van der Waals surface area contributed by atoms with Gasteiger partial charge in [0.25, 0.3) is 0 Å². The predicted octanol–water partition coefficient (Wildman–Crippen LogP) is 4.04. The third-order valence-electron chi connectivity index (χ3n) is 7.20. The number of ether oxygens (including phenoxy) is 1. The molecule has 1 aromatic carbocycles. The van der Waals surface area contributed by atoms with Crippen LogP contribution in [0.1, 0.15) is 56.8 Å². The minimum Gasteiger partial charge on any atom is -0.381 e. The number of rotatable bonds is 4. The molecule has 1 aliphatic carbocycles. The van der Waals surface area contributed by atoms with E-state index < -0.39 is 0 Å². The van der Waals surface area contributed by atoms with Crippen LogP contribution in [-0.4, -0.2) is 47.3 Å². The molecule has 0 unspecified atom stereocenters. The molecule has 0 bridgehead atoms. The third kappa shape index (κ3) is 3.70.